The van der Waals surface area contributed by atoms with Gasteiger partial charge in [0.25, 0.3) is 0 Å². The van der Waals surface area contributed by atoms with Gasteiger partial charge >= 0.3 is 0 Å². The van der Waals surface area contributed by atoms with Crippen molar-refractivity contribution in [3.8, 4) is 78.9 Å². The molecule has 5 aromatic heterocycles. The second-order valence-corrected chi connectivity index (χ2v) is 22.9. The third-order valence-electron chi connectivity index (χ3n) is 17.9. The molecule has 5 heterocycles. The molecule has 410 valence electrons. The molecule has 88 heavy (non-hydrogen) atoms. The van der Waals surface area contributed by atoms with Crippen LogP contribution in [0.1, 0.15) is 0 Å². The third-order valence-corrected chi connectivity index (χ3v) is 17.9. The summed E-state index contributed by atoms with van der Waals surface area (Å²) in [6.45, 7) is 0. The van der Waals surface area contributed by atoms with Crippen molar-refractivity contribution in [2.75, 3.05) is 0 Å². The van der Waals surface area contributed by atoms with Crippen molar-refractivity contribution in [2.45, 2.75) is 0 Å². The maximum absolute atomic E-state index is 5.49. The lowest BCUT2D eigenvalue weighted by molar-refractivity contribution is 1.15. The summed E-state index contributed by atoms with van der Waals surface area (Å²) in [5, 5.41) is 9.74. The number of hydrogen-bond donors (Lipinski definition) is 0. The van der Waals surface area contributed by atoms with E-state index in [1.165, 1.54) is 76.3 Å². The van der Waals surface area contributed by atoms with Crippen molar-refractivity contribution >= 4 is 87.2 Å². The number of hydrogen-bond acceptors (Lipinski definition) is 2. The first-order valence-electron chi connectivity index (χ1n) is 30.0. The predicted molar refractivity (Wildman–Crippen MR) is 367 cm³/mol. The summed E-state index contributed by atoms with van der Waals surface area (Å²) in [4.78, 5) is 10.9. The molecule has 18 rings (SSSR count). The van der Waals surface area contributed by atoms with Crippen LogP contribution in [0.3, 0.4) is 0 Å². The van der Waals surface area contributed by atoms with E-state index in [9.17, 15) is 0 Å². The molecular weight excluding hydrogens is 1070 g/mol. The van der Waals surface area contributed by atoms with Crippen LogP contribution in [0.4, 0.5) is 0 Å². The summed E-state index contributed by atoms with van der Waals surface area (Å²) in [6.07, 6.45) is 0. The fraction of sp³-hybridized carbons (Fsp3) is 0. The van der Waals surface area contributed by atoms with Gasteiger partial charge in [-0.3, -0.25) is 0 Å². The third kappa shape index (κ3) is 7.89. The second-order valence-electron chi connectivity index (χ2n) is 22.9. The topological polar surface area (TPSA) is 45.5 Å². The molecule has 0 amide bonds. The number of aromatic nitrogens is 6. The summed E-state index contributed by atoms with van der Waals surface area (Å²) in [7, 11) is 0. The van der Waals surface area contributed by atoms with Crippen molar-refractivity contribution in [3.05, 3.63) is 315 Å². The molecule has 0 N–H and O–H groups in total. The Bertz CT molecular complexity index is 5810. The zero-order valence-electron chi connectivity index (χ0n) is 47.7. The van der Waals surface area contributed by atoms with Crippen molar-refractivity contribution in [1.29, 1.82) is 0 Å². The van der Waals surface area contributed by atoms with E-state index in [1.807, 2.05) is 0 Å². The molecular formula is C82H52N6. The highest BCUT2D eigenvalue weighted by Crippen LogP contribution is 2.42. The molecule has 0 atom stereocenters. The largest absolute Gasteiger partial charge is 0.309 e. The van der Waals surface area contributed by atoms with E-state index in [0.717, 1.165) is 84.0 Å². The summed E-state index contributed by atoms with van der Waals surface area (Å²) in [6, 6.07) is 114. The molecule has 18 aromatic rings. The highest BCUT2D eigenvalue weighted by molar-refractivity contribution is 6.14. The number of rotatable bonds is 9. The van der Waals surface area contributed by atoms with Gasteiger partial charge in [0.1, 0.15) is 0 Å². The Balaban J connectivity index is 0.741. The Hall–Kier alpha value is -11.9. The van der Waals surface area contributed by atoms with Crippen LogP contribution in [-0.4, -0.2) is 28.2 Å². The summed E-state index contributed by atoms with van der Waals surface area (Å²) in [5.41, 5.74) is 23.0. The highest BCUT2D eigenvalue weighted by Gasteiger charge is 2.21. The van der Waals surface area contributed by atoms with Crippen molar-refractivity contribution in [3.63, 3.8) is 0 Å². The van der Waals surface area contributed by atoms with Crippen LogP contribution in [0.15, 0.2) is 315 Å². The van der Waals surface area contributed by atoms with Crippen LogP contribution in [0.5, 0.6) is 0 Å². The smallest absolute Gasteiger partial charge is 0.160 e. The van der Waals surface area contributed by atoms with Crippen LogP contribution in [-0.2, 0) is 0 Å². The number of benzene rings is 13. The van der Waals surface area contributed by atoms with Gasteiger partial charge in [0.2, 0.25) is 0 Å². The van der Waals surface area contributed by atoms with E-state index in [1.54, 1.807) is 0 Å². The quantitative estimate of drug-likeness (QED) is 0.145. The molecule has 6 nitrogen and oxygen atoms in total. The van der Waals surface area contributed by atoms with Gasteiger partial charge in [-0.2, -0.15) is 0 Å². The van der Waals surface area contributed by atoms with E-state index in [4.69, 9.17) is 9.97 Å². The lowest BCUT2D eigenvalue weighted by Crippen LogP contribution is -1.99. The maximum atomic E-state index is 5.49. The maximum Gasteiger partial charge on any atom is 0.160 e. The van der Waals surface area contributed by atoms with Crippen molar-refractivity contribution in [2.24, 2.45) is 0 Å². The fourth-order valence-corrected chi connectivity index (χ4v) is 13.9. The van der Waals surface area contributed by atoms with Crippen LogP contribution in [0, 0.1) is 0 Å². The van der Waals surface area contributed by atoms with Gasteiger partial charge in [-0.1, -0.05) is 200 Å². The van der Waals surface area contributed by atoms with Crippen LogP contribution in [0.25, 0.3) is 166 Å². The Kier molecular flexibility index (Phi) is 11.2. The molecule has 0 unspecified atom stereocenters. The van der Waals surface area contributed by atoms with E-state index in [-0.39, 0.29) is 0 Å². The van der Waals surface area contributed by atoms with E-state index in [0.29, 0.717) is 5.82 Å². The van der Waals surface area contributed by atoms with Crippen LogP contribution in [0.2, 0.25) is 0 Å². The monoisotopic (exact) mass is 1120 g/mol. The van der Waals surface area contributed by atoms with Crippen molar-refractivity contribution < 1.29 is 0 Å². The molecule has 0 saturated carbocycles. The van der Waals surface area contributed by atoms with Gasteiger partial charge < -0.3 is 18.3 Å². The summed E-state index contributed by atoms with van der Waals surface area (Å²) < 4.78 is 9.57. The Morgan fingerprint density at radius 2 is 0.489 bits per heavy atom. The molecule has 6 heteroatoms. The average molecular weight is 1120 g/mol. The van der Waals surface area contributed by atoms with Crippen LogP contribution < -0.4 is 0 Å². The molecule has 0 aliphatic rings. The molecule has 0 radical (unpaired) electrons. The van der Waals surface area contributed by atoms with Crippen molar-refractivity contribution in [1.82, 2.24) is 28.2 Å². The van der Waals surface area contributed by atoms with Gasteiger partial charge in [-0.15, -0.1) is 0 Å². The van der Waals surface area contributed by atoms with Gasteiger partial charge in [0.05, 0.1) is 55.5 Å². The van der Waals surface area contributed by atoms with Gasteiger partial charge in [-0.05, 0) is 138 Å². The van der Waals surface area contributed by atoms with E-state index < -0.39 is 0 Å². The minimum atomic E-state index is 0.653. The predicted octanol–water partition coefficient (Wildman–Crippen LogP) is 21.2. The lowest BCUT2D eigenvalue weighted by atomic mass is 10.0. The SMILES string of the molecule is c1ccc(-c2cc(-c3cccc(-n4c5ccccc5c5ccc(-c6ccc7c8ccccc8n(-c8ccccc8)c7c6)cc54)c3)nc(-c3cccc(-n4c5ccccc5c5cc(-c6ccc7c(c6)c6ccccc6n7-c6ccccc6)ccc54)c3)n2)cc1. The van der Waals surface area contributed by atoms with Crippen LogP contribution >= 0.6 is 0 Å². The van der Waals surface area contributed by atoms with Gasteiger partial charge in [0, 0.05) is 82.5 Å². The van der Waals surface area contributed by atoms with E-state index in [2.05, 4.69) is 334 Å². The Labute approximate surface area is 507 Å². The number of para-hydroxylation sites is 6. The molecule has 0 aliphatic carbocycles. The first kappa shape index (κ1) is 49.6. The standard InChI is InChI=1S/C82H52N6/c1-4-20-53(21-5-1)72-52-73(58-22-18-28-62(46-58)88-75-35-15-11-31-65(75)69-43-39-57(51-81(69)88)56-38-42-68-64-30-10-14-34-74(64)86(80(68)50-56)61-26-8-3-9-27-61)84-82(83-72)59-23-19-29-63(47-59)87-77-37-17-13-33-67(77)71-49-55(41-45-79(71)87)54-40-44-78-70(48-54)66-32-12-16-36-76(66)85(78)60-24-6-2-7-25-60/h1-52H. The fourth-order valence-electron chi connectivity index (χ4n) is 13.9. The summed E-state index contributed by atoms with van der Waals surface area (Å²) in [5.74, 6) is 0.653. The average Bonchev–Trinajstić information content (AvgIpc) is 1.71. The summed E-state index contributed by atoms with van der Waals surface area (Å²) >= 11 is 0. The first-order chi connectivity index (χ1) is 43.6. The number of nitrogens with zero attached hydrogens (tertiary/aromatic N) is 6. The first-order valence-corrected chi connectivity index (χ1v) is 30.0. The zero-order chi connectivity index (χ0) is 57.8. The minimum absolute atomic E-state index is 0.653. The molecule has 0 aliphatic heterocycles. The highest BCUT2D eigenvalue weighted by atomic mass is 15.0. The molecule has 0 bridgehead atoms. The van der Waals surface area contributed by atoms with Gasteiger partial charge in [-0.25, -0.2) is 9.97 Å². The lowest BCUT2D eigenvalue weighted by Gasteiger charge is -2.14. The molecule has 13 aromatic carbocycles. The Morgan fingerprint density at radius 1 is 0.170 bits per heavy atom. The molecule has 0 fully saturated rings. The molecule has 0 saturated heterocycles. The normalized spacial score (nSPS) is 11.9. The van der Waals surface area contributed by atoms with Gasteiger partial charge in [0.15, 0.2) is 5.82 Å². The molecule has 0 spiro atoms. The second kappa shape index (κ2) is 19.9. The van der Waals surface area contributed by atoms with E-state index >= 15 is 0 Å². The number of fused-ring (bicyclic) bond motifs is 12. The minimum Gasteiger partial charge on any atom is -0.309 e. The Morgan fingerprint density at radius 3 is 0.989 bits per heavy atom. The zero-order valence-corrected chi connectivity index (χ0v) is 47.7.